The Labute approximate surface area is 48.0 Å². The smallest absolute Gasteiger partial charge is 0.106 e. The van der Waals surface area contributed by atoms with E-state index in [0.29, 0.717) is 0 Å². The van der Waals surface area contributed by atoms with Crippen LogP contribution in [0.15, 0.2) is 11.0 Å². The van der Waals surface area contributed by atoms with E-state index >= 15 is 0 Å². The Morgan fingerprint density at radius 2 is 2.43 bits per heavy atom. The summed E-state index contributed by atoms with van der Waals surface area (Å²) in [6.45, 7) is 1.86. The number of hydrogen-bond acceptors (Lipinski definition) is 2. The summed E-state index contributed by atoms with van der Waals surface area (Å²) < 4.78 is 0. The fourth-order valence-electron chi connectivity index (χ4n) is 0.228. The van der Waals surface area contributed by atoms with Gasteiger partial charge in [0.05, 0.1) is 4.91 Å². The van der Waals surface area contributed by atoms with E-state index in [2.05, 4.69) is 0 Å². The van der Waals surface area contributed by atoms with E-state index in [1.807, 2.05) is 19.2 Å². The molecule has 0 N–H and O–H groups in total. The Bertz CT molecular complexity index is 110. The van der Waals surface area contributed by atoms with Gasteiger partial charge in [-0.2, -0.15) is 5.26 Å². The van der Waals surface area contributed by atoms with Crippen LogP contribution >= 0.6 is 11.8 Å². The molecule has 0 radical (unpaired) electrons. The average Bonchev–Trinajstić information content (AvgIpc) is 1.72. The molecule has 0 amide bonds. The molecular weight excluding hydrogens is 106 g/mol. The second-order valence-corrected chi connectivity index (χ2v) is 1.82. The highest BCUT2D eigenvalue weighted by Crippen LogP contribution is 2.07. The van der Waals surface area contributed by atoms with Gasteiger partial charge in [-0.15, -0.1) is 11.8 Å². The van der Waals surface area contributed by atoms with Crippen molar-refractivity contribution < 1.29 is 0 Å². The maximum absolute atomic E-state index is 8.19. The molecule has 0 aliphatic heterocycles. The van der Waals surface area contributed by atoms with Crippen molar-refractivity contribution in [3.8, 4) is 6.07 Å². The standard InChI is InChI=1S/C5H7NS/c1-3-5(4-6)7-2/h3H,1-2H3. The highest BCUT2D eigenvalue weighted by molar-refractivity contribution is 8.02. The zero-order valence-electron chi connectivity index (χ0n) is 4.43. The summed E-state index contributed by atoms with van der Waals surface area (Å²) in [4.78, 5) is 0.778. The lowest BCUT2D eigenvalue weighted by Gasteiger charge is -1.81. The fourth-order valence-corrected chi connectivity index (χ4v) is 0.555. The Kier molecular flexibility index (Phi) is 3.53. The van der Waals surface area contributed by atoms with Crippen LogP contribution in [-0.4, -0.2) is 6.26 Å². The van der Waals surface area contributed by atoms with E-state index in [-0.39, 0.29) is 0 Å². The minimum absolute atomic E-state index is 0.778. The van der Waals surface area contributed by atoms with Gasteiger partial charge in [0.2, 0.25) is 0 Å². The van der Waals surface area contributed by atoms with Crippen LogP contribution in [0.4, 0.5) is 0 Å². The highest BCUT2D eigenvalue weighted by atomic mass is 32.2. The Hall–Kier alpha value is -0.420. The molecule has 0 heterocycles. The first-order valence-corrected chi connectivity index (χ1v) is 3.18. The zero-order valence-corrected chi connectivity index (χ0v) is 5.25. The van der Waals surface area contributed by atoms with Crippen molar-refractivity contribution in [1.29, 1.82) is 5.26 Å². The van der Waals surface area contributed by atoms with Crippen LogP contribution in [-0.2, 0) is 0 Å². The number of rotatable bonds is 1. The molecule has 0 unspecified atom stereocenters. The summed E-state index contributed by atoms with van der Waals surface area (Å²) >= 11 is 1.47. The first kappa shape index (κ1) is 6.58. The summed E-state index contributed by atoms with van der Waals surface area (Å²) in [5, 5.41) is 8.19. The lowest BCUT2D eigenvalue weighted by molar-refractivity contribution is 1.52. The molecule has 0 bridgehead atoms. The molecule has 0 spiro atoms. The summed E-state index contributed by atoms with van der Waals surface area (Å²) in [7, 11) is 0. The van der Waals surface area contributed by atoms with Gasteiger partial charge in [-0.3, -0.25) is 0 Å². The molecule has 0 aliphatic rings. The van der Waals surface area contributed by atoms with E-state index in [9.17, 15) is 0 Å². The summed E-state index contributed by atoms with van der Waals surface area (Å²) in [5.74, 6) is 0. The Morgan fingerprint density at radius 3 is 2.43 bits per heavy atom. The van der Waals surface area contributed by atoms with Crippen molar-refractivity contribution >= 4 is 11.8 Å². The van der Waals surface area contributed by atoms with E-state index in [1.165, 1.54) is 11.8 Å². The van der Waals surface area contributed by atoms with Gasteiger partial charge in [0, 0.05) is 0 Å². The summed E-state index contributed by atoms with van der Waals surface area (Å²) in [6.07, 6.45) is 3.68. The van der Waals surface area contributed by atoms with Gasteiger partial charge >= 0.3 is 0 Å². The molecule has 0 aromatic rings. The topological polar surface area (TPSA) is 23.8 Å². The van der Waals surface area contributed by atoms with Gasteiger partial charge in [0.1, 0.15) is 6.07 Å². The predicted octanol–water partition coefficient (Wildman–Crippen LogP) is 1.78. The van der Waals surface area contributed by atoms with Crippen molar-refractivity contribution in [2.24, 2.45) is 0 Å². The second kappa shape index (κ2) is 3.76. The third-order valence-electron chi connectivity index (χ3n) is 0.592. The molecule has 0 saturated heterocycles. The largest absolute Gasteiger partial charge is 0.192 e. The number of thioether (sulfide) groups is 1. The van der Waals surface area contributed by atoms with Gasteiger partial charge in [-0.05, 0) is 13.2 Å². The van der Waals surface area contributed by atoms with Gasteiger partial charge in [0.15, 0.2) is 0 Å². The van der Waals surface area contributed by atoms with Crippen molar-refractivity contribution in [3.05, 3.63) is 11.0 Å². The number of allylic oxidation sites excluding steroid dienone is 2. The minimum atomic E-state index is 0.778. The minimum Gasteiger partial charge on any atom is -0.192 e. The lowest BCUT2D eigenvalue weighted by atomic mass is 10.6. The zero-order chi connectivity index (χ0) is 5.70. The van der Waals surface area contributed by atoms with E-state index in [0.717, 1.165) is 4.91 Å². The first-order valence-electron chi connectivity index (χ1n) is 1.95. The third kappa shape index (κ3) is 2.30. The Balaban J connectivity index is 3.68. The third-order valence-corrected chi connectivity index (χ3v) is 1.36. The fraction of sp³-hybridized carbons (Fsp3) is 0.400. The van der Waals surface area contributed by atoms with Crippen LogP contribution in [0.25, 0.3) is 0 Å². The van der Waals surface area contributed by atoms with Crippen LogP contribution in [0.3, 0.4) is 0 Å². The number of nitriles is 1. The van der Waals surface area contributed by atoms with E-state index in [4.69, 9.17) is 5.26 Å². The van der Waals surface area contributed by atoms with E-state index < -0.39 is 0 Å². The monoisotopic (exact) mass is 113 g/mol. The molecule has 1 nitrogen and oxygen atoms in total. The average molecular weight is 113 g/mol. The van der Waals surface area contributed by atoms with Gasteiger partial charge in [-0.25, -0.2) is 0 Å². The van der Waals surface area contributed by atoms with Crippen LogP contribution < -0.4 is 0 Å². The van der Waals surface area contributed by atoms with Gasteiger partial charge in [0.25, 0.3) is 0 Å². The molecule has 7 heavy (non-hydrogen) atoms. The predicted molar refractivity (Wildman–Crippen MR) is 32.9 cm³/mol. The molecule has 0 aromatic heterocycles. The Morgan fingerprint density at radius 1 is 1.86 bits per heavy atom. The van der Waals surface area contributed by atoms with Crippen molar-refractivity contribution in [2.45, 2.75) is 6.92 Å². The highest BCUT2D eigenvalue weighted by Gasteiger charge is 1.82. The van der Waals surface area contributed by atoms with Crippen LogP contribution in [0.5, 0.6) is 0 Å². The van der Waals surface area contributed by atoms with Crippen LogP contribution in [0.2, 0.25) is 0 Å². The maximum Gasteiger partial charge on any atom is 0.106 e. The lowest BCUT2D eigenvalue weighted by Crippen LogP contribution is -1.61. The summed E-state index contributed by atoms with van der Waals surface area (Å²) in [6, 6.07) is 2.03. The second-order valence-electron chi connectivity index (χ2n) is 0.969. The van der Waals surface area contributed by atoms with Crippen molar-refractivity contribution in [1.82, 2.24) is 0 Å². The molecule has 0 aromatic carbocycles. The van der Waals surface area contributed by atoms with Gasteiger partial charge in [-0.1, -0.05) is 6.08 Å². The molecule has 0 atom stereocenters. The number of nitrogens with zero attached hydrogens (tertiary/aromatic N) is 1. The van der Waals surface area contributed by atoms with Crippen LogP contribution in [0.1, 0.15) is 6.92 Å². The molecule has 0 aliphatic carbocycles. The molecular formula is C5H7NS. The van der Waals surface area contributed by atoms with E-state index in [1.54, 1.807) is 6.08 Å². The first-order chi connectivity index (χ1) is 3.35. The van der Waals surface area contributed by atoms with Gasteiger partial charge < -0.3 is 0 Å². The van der Waals surface area contributed by atoms with Crippen molar-refractivity contribution in [3.63, 3.8) is 0 Å². The maximum atomic E-state index is 8.19. The quantitative estimate of drug-likeness (QED) is 0.484. The molecule has 0 saturated carbocycles. The number of hydrogen-bond donors (Lipinski definition) is 0. The summed E-state index contributed by atoms with van der Waals surface area (Å²) in [5.41, 5.74) is 0. The molecule has 0 fully saturated rings. The molecule has 0 rings (SSSR count). The SMILES string of the molecule is CC=C(C#N)SC. The normalized spacial score (nSPS) is 10.7. The molecule has 2 heteroatoms. The molecule has 38 valence electrons. The van der Waals surface area contributed by atoms with Crippen molar-refractivity contribution in [2.75, 3.05) is 6.26 Å². The van der Waals surface area contributed by atoms with Crippen LogP contribution in [0, 0.1) is 11.3 Å².